The molecule has 2 heterocycles. The predicted octanol–water partition coefficient (Wildman–Crippen LogP) is 3.41. The van der Waals surface area contributed by atoms with Crippen molar-refractivity contribution in [2.75, 3.05) is 18.6 Å². The lowest BCUT2D eigenvalue weighted by atomic mass is 9.78. The van der Waals surface area contributed by atoms with E-state index in [9.17, 15) is 9.18 Å². The molecule has 1 fully saturated rings. The van der Waals surface area contributed by atoms with Crippen LogP contribution < -0.4 is 20.4 Å². The van der Waals surface area contributed by atoms with Crippen molar-refractivity contribution in [1.82, 2.24) is 5.32 Å². The van der Waals surface area contributed by atoms with Crippen LogP contribution >= 0.6 is 0 Å². The molecule has 0 saturated carbocycles. The average Bonchev–Trinajstić information content (AvgIpc) is 3.22. The van der Waals surface area contributed by atoms with Gasteiger partial charge in [0.1, 0.15) is 11.6 Å². The second kappa shape index (κ2) is 7.84. The molecule has 0 aliphatic carbocycles. The largest absolute Gasteiger partial charge is 0.497 e. The average molecular weight is 426 g/mol. The van der Waals surface area contributed by atoms with Gasteiger partial charge in [-0.2, -0.15) is 0 Å². The van der Waals surface area contributed by atoms with Crippen molar-refractivity contribution >= 4 is 24.3 Å². The van der Waals surface area contributed by atoms with E-state index in [1.165, 1.54) is 19.2 Å². The number of carbonyl (C=O) groups is 1. The normalized spacial score (nSPS) is 18.8. The van der Waals surface area contributed by atoms with E-state index in [1.807, 2.05) is 39.8 Å². The van der Waals surface area contributed by atoms with Crippen molar-refractivity contribution in [2.45, 2.75) is 51.9 Å². The number of halogens is 1. The number of methoxy groups -OCH3 is 1. The first-order chi connectivity index (χ1) is 14.6. The summed E-state index contributed by atoms with van der Waals surface area (Å²) in [6.07, 6.45) is 0.754. The lowest BCUT2D eigenvalue weighted by Crippen LogP contribution is -2.41. The van der Waals surface area contributed by atoms with Crippen molar-refractivity contribution in [3.05, 3.63) is 53.3 Å². The van der Waals surface area contributed by atoms with Crippen molar-refractivity contribution in [1.29, 1.82) is 0 Å². The van der Waals surface area contributed by atoms with Crippen molar-refractivity contribution in [3.63, 3.8) is 0 Å². The van der Waals surface area contributed by atoms with Gasteiger partial charge in [0.2, 0.25) is 0 Å². The number of benzene rings is 2. The molecule has 0 aromatic heterocycles. The second-order valence-electron chi connectivity index (χ2n) is 9.04. The lowest BCUT2D eigenvalue weighted by Gasteiger charge is -2.32. The minimum atomic E-state index is -0.430. The molecule has 0 radical (unpaired) electrons. The fourth-order valence-corrected chi connectivity index (χ4v) is 3.87. The van der Waals surface area contributed by atoms with Crippen LogP contribution in [-0.2, 0) is 22.3 Å². The van der Waals surface area contributed by atoms with E-state index in [-0.39, 0.29) is 12.6 Å². The summed E-state index contributed by atoms with van der Waals surface area (Å²) in [5, 5.41) is 2.87. The number of nitrogens with one attached hydrogen (secondary N) is 1. The molecule has 1 N–H and O–H groups in total. The highest BCUT2D eigenvalue weighted by Crippen LogP contribution is 2.37. The van der Waals surface area contributed by atoms with Gasteiger partial charge in [-0.05, 0) is 68.9 Å². The van der Waals surface area contributed by atoms with Gasteiger partial charge < -0.3 is 19.4 Å². The molecule has 2 amide bonds. The first-order valence-electron chi connectivity index (χ1n) is 10.5. The van der Waals surface area contributed by atoms with Crippen LogP contribution in [0.15, 0.2) is 36.4 Å². The highest BCUT2D eigenvalue weighted by atomic mass is 19.1. The summed E-state index contributed by atoms with van der Waals surface area (Å²) in [5.41, 5.74) is 2.74. The second-order valence-corrected chi connectivity index (χ2v) is 9.04. The van der Waals surface area contributed by atoms with E-state index < -0.39 is 24.1 Å². The van der Waals surface area contributed by atoms with Crippen LogP contribution in [-0.4, -0.2) is 38.0 Å². The van der Waals surface area contributed by atoms with Gasteiger partial charge in [0.15, 0.2) is 0 Å². The molecule has 1 saturated heterocycles. The molecule has 164 valence electrons. The molecule has 0 spiro atoms. The zero-order valence-electron chi connectivity index (χ0n) is 18.6. The highest BCUT2D eigenvalue weighted by molar-refractivity contribution is 6.62. The summed E-state index contributed by atoms with van der Waals surface area (Å²) >= 11 is 0. The van der Waals surface area contributed by atoms with Crippen LogP contribution in [0.25, 0.3) is 0 Å². The number of hydrogen-bond acceptors (Lipinski definition) is 4. The fraction of sp³-hybridized carbons (Fsp3) is 0.435. The van der Waals surface area contributed by atoms with E-state index in [0.717, 1.165) is 23.1 Å². The molecule has 2 aliphatic heterocycles. The fourth-order valence-electron chi connectivity index (χ4n) is 3.87. The van der Waals surface area contributed by atoms with Gasteiger partial charge in [0.05, 0.1) is 18.3 Å². The third-order valence-corrected chi connectivity index (χ3v) is 6.38. The summed E-state index contributed by atoms with van der Waals surface area (Å²) in [7, 11) is 1.05. The van der Waals surface area contributed by atoms with Gasteiger partial charge in [0.25, 0.3) is 0 Å². The molecular weight excluding hydrogens is 398 g/mol. The Morgan fingerprint density at radius 2 is 1.87 bits per heavy atom. The zero-order valence-corrected chi connectivity index (χ0v) is 18.6. The molecule has 0 atom stereocenters. The topological polar surface area (TPSA) is 60.0 Å². The number of urea groups is 1. The Labute approximate surface area is 182 Å². The van der Waals surface area contributed by atoms with Gasteiger partial charge in [-0.25, -0.2) is 9.18 Å². The van der Waals surface area contributed by atoms with Crippen LogP contribution in [0.1, 0.15) is 38.8 Å². The summed E-state index contributed by atoms with van der Waals surface area (Å²) in [4.78, 5) is 14.5. The van der Waals surface area contributed by atoms with E-state index in [2.05, 4.69) is 11.4 Å². The van der Waals surface area contributed by atoms with E-state index >= 15 is 0 Å². The standard InChI is InChI=1S/C23H28BFN2O4/c1-22(2)23(3,4)31-24(30-22)17-6-7-20-16(12-17)8-9-27(20)21(28)26-14-15-10-18(25)13-19(11-15)29-5/h6-7,10-13H,8-9,14H2,1-5H3,(H,26,28). The molecule has 31 heavy (non-hydrogen) atoms. The number of ether oxygens (including phenoxy) is 1. The third kappa shape index (κ3) is 4.14. The Balaban J connectivity index is 1.44. The number of anilines is 1. The maximum absolute atomic E-state index is 13.7. The number of amides is 2. The van der Waals surface area contributed by atoms with Crippen LogP contribution in [0.5, 0.6) is 5.75 Å². The van der Waals surface area contributed by atoms with Crippen LogP contribution in [0, 0.1) is 5.82 Å². The molecule has 0 unspecified atom stereocenters. The van der Waals surface area contributed by atoms with Crippen molar-refractivity contribution in [2.24, 2.45) is 0 Å². The van der Waals surface area contributed by atoms with E-state index in [4.69, 9.17) is 14.0 Å². The first kappa shape index (κ1) is 21.6. The minimum absolute atomic E-state index is 0.213. The van der Waals surface area contributed by atoms with Gasteiger partial charge in [-0.15, -0.1) is 0 Å². The number of rotatable bonds is 4. The lowest BCUT2D eigenvalue weighted by molar-refractivity contribution is 0.00578. The number of carbonyl (C=O) groups excluding carboxylic acids is 1. The molecule has 2 aromatic rings. The van der Waals surface area contributed by atoms with E-state index in [1.54, 1.807) is 11.0 Å². The first-order valence-corrected chi connectivity index (χ1v) is 10.5. The molecule has 6 nitrogen and oxygen atoms in total. The molecule has 8 heteroatoms. The Morgan fingerprint density at radius 1 is 1.16 bits per heavy atom. The van der Waals surface area contributed by atoms with Gasteiger partial charge in [0, 0.05) is 24.8 Å². The molecule has 2 aromatic carbocycles. The van der Waals surface area contributed by atoms with Crippen LogP contribution in [0.2, 0.25) is 0 Å². The minimum Gasteiger partial charge on any atom is -0.497 e. The number of fused-ring (bicyclic) bond motifs is 1. The Hall–Kier alpha value is -2.58. The number of hydrogen-bond donors (Lipinski definition) is 1. The Kier molecular flexibility index (Phi) is 5.47. The number of nitrogens with zero attached hydrogens (tertiary/aromatic N) is 1. The molecule has 0 bridgehead atoms. The highest BCUT2D eigenvalue weighted by Gasteiger charge is 2.51. The van der Waals surface area contributed by atoms with Gasteiger partial charge in [-0.3, -0.25) is 4.90 Å². The van der Waals surface area contributed by atoms with Gasteiger partial charge >= 0.3 is 13.1 Å². The third-order valence-electron chi connectivity index (χ3n) is 6.38. The molecule has 4 rings (SSSR count). The summed E-state index contributed by atoms with van der Waals surface area (Å²) in [6, 6.07) is 10.1. The SMILES string of the molecule is COc1cc(F)cc(CNC(=O)N2CCc3cc(B4OC(C)(C)C(C)(C)O4)ccc32)c1. The van der Waals surface area contributed by atoms with Crippen molar-refractivity contribution in [3.8, 4) is 5.75 Å². The quantitative estimate of drug-likeness (QED) is 0.762. The van der Waals surface area contributed by atoms with Crippen LogP contribution in [0.3, 0.4) is 0 Å². The van der Waals surface area contributed by atoms with Gasteiger partial charge in [-0.1, -0.05) is 12.1 Å². The summed E-state index contributed by atoms with van der Waals surface area (Å²) in [6.45, 7) is 8.91. The Morgan fingerprint density at radius 3 is 2.55 bits per heavy atom. The molecule has 2 aliphatic rings. The summed E-state index contributed by atoms with van der Waals surface area (Å²) in [5.74, 6) is 0.0244. The predicted molar refractivity (Wildman–Crippen MR) is 118 cm³/mol. The smallest absolute Gasteiger partial charge is 0.494 e. The monoisotopic (exact) mass is 426 g/mol. The Bertz CT molecular complexity index is 995. The maximum atomic E-state index is 13.7. The zero-order chi connectivity index (χ0) is 22.4. The van der Waals surface area contributed by atoms with Crippen LogP contribution in [0.4, 0.5) is 14.9 Å². The maximum Gasteiger partial charge on any atom is 0.494 e. The van der Waals surface area contributed by atoms with Crippen molar-refractivity contribution < 1.29 is 23.2 Å². The van der Waals surface area contributed by atoms with E-state index in [0.29, 0.717) is 17.9 Å². The summed E-state index contributed by atoms with van der Waals surface area (Å²) < 4.78 is 31.0. The molecular formula is C23H28BFN2O4.